The minimum atomic E-state index is -1.18. The third kappa shape index (κ3) is 3.69. The number of hydrogen-bond donors (Lipinski definition) is 1. The SMILES string of the molecule is COC(=O)c1ccc(NC(C)CN2CCCC2)c(F)c1F. The summed E-state index contributed by atoms with van der Waals surface area (Å²) in [6.07, 6.45) is 2.37. The number of likely N-dealkylation sites (tertiary alicyclic amines) is 1. The first-order chi connectivity index (χ1) is 10.0. The van der Waals surface area contributed by atoms with Crippen LogP contribution in [0.4, 0.5) is 14.5 Å². The Bertz CT molecular complexity index is 517. The molecule has 1 fully saturated rings. The maximum atomic E-state index is 14.0. The predicted molar refractivity (Wildman–Crippen MR) is 76.5 cm³/mol. The van der Waals surface area contributed by atoms with Crippen LogP contribution in [0.25, 0.3) is 0 Å². The van der Waals surface area contributed by atoms with Gasteiger partial charge in [0.25, 0.3) is 0 Å². The third-order valence-electron chi connectivity index (χ3n) is 3.62. The fourth-order valence-electron chi connectivity index (χ4n) is 2.59. The fourth-order valence-corrected chi connectivity index (χ4v) is 2.59. The maximum Gasteiger partial charge on any atom is 0.340 e. The van der Waals surface area contributed by atoms with Crippen molar-refractivity contribution in [3.8, 4) is 0 Å². The minimum Gasteiger partial charge on any atom is -0.465 e. The highest BCUT2D eigenvalue weighted by molar-refractivity contribution is 5.90. The summed E-state index contributed by atoms with van der Waals surface area (Å²) in [4.78, 5) is 13.6. The molecule has 1 N–H and O–H groups in total. The number of halogens is 2. The number of methoxy groups -OCH3 is 1. The Morgan fingerprint density at radius 1 is 1.33 bits per heavy atom. The van der Waals surface area contributed by atoms with E-state index in [2.05, 4.69) is 15.0 Å². The largest absolute Gasteiger partial charge is 0.465 e. The van der Waals surface area contributed by atoms with Gasteiger partial charge in [-0.05, 0) is 45.0 Å². The number of anilines is 1. The number of benzene rings is 1. The van der Waals surface area contributed by atoms with Crippen molar-refractivity contribution in [3.05, 3.63) is 29.3 Å². The smallest absolute Gasteiger partial charge is 0.340 e. The number of rotatable bonds is 5. The Labute approximate surface area is 123 Å². The van der Waals surface area contributed by atoms with Gasteiger partial charge in [-0.1, -0.05) is 0 Å². The summed E-state index contributed by atoms with van der Waals surface area (Å²) in [6, 6.07) is 2.58. The molecule has 1 heterocycles. The lowest BCUT2D eigenvalue weighted by molar-refractivity contribution is 0.0594. The van der Waals surface area contributed by atoms with Crippen LogP contribution in [0.2, 0.25) is 0 Å². The summed E-state index contributed by atoms with van der Waals surface area (Å²) < 4.78 is 32.2. The summed E-state index contributed by atoms with van der Waals surface area (Å²) in [5.41, 5.74) is -0.334. The summed E-state index contributed by atoms with van der Waals surface area (Å²) in [5, 5.41) is 2.95. The second kappa shape index (κ2) is 6.85. The maximum absolute atomic E-state index is 14.0. The Morgan fingerprint density at radius 3 is 2.62 bits per heavy atom. The Balaban J connectivity index is 2.06. The second-order valence-electron chi connectivity index (χ2n) is 5.33. The first-order valence-electron chi connectivity index (χ1n) is 7.08. The van der Waals surface area contributed by atoms with Crippen LogP contribution < -0.4 is 5.32 Å². The number of nitrogens with zero attached hydrogens (tertiary/aromatic N) is 1. The Morgan fingerprint density at radius 2 is 2.00 bits per heavy atom. The topological polar surface area (TPSA) is 41.6 Å². The Hall–Kier alpha value is -1.69. The van der Waals surface area contributed by atoms with Gasteiger partial charge in [0.1, 0.15) is 0 Å². The van der Waals surface area contributed by atoms with E-state index in [9.17, 15) is 13.6 Å². The van der Waals surface area contributed by atoms with E-state index in [0.29, 0.717) is 0 Å². The molecule has 6 heteroatoms. The molecule has 0 saturated carbocycles. The highest BCUT2D eigenvalue weighted by Gasteiger charge is 2.21. The first kappa shape index (κ1) is 15.7. The number of ether oxygens (including phenoxy) is 1. The molecular weight excluding hydrogens is 278 g/mol. The van der Waals surface area contributed by atoms with Crippen LogP contribution in [-0.2, 0) is 4.74 Å². The molecule has 0 radical (unpaired) electrons. The van der Waals surface area contributed by atoms with E-state index in [-0.39, 0.29) is 11.7 Å². The molecule has 1 saturated heterocycles. The van der Waals surface area contributed by atoms with Crippen LogP contribution in [-0.4, -0.2) is 43.7 Å². The van der Waals surface area contributed by atoms with E-state index >= 15 is 0 Å². The van der Waals surface area contributed by atoms with Crippen LogP contribution >= 0.6 is 0 Å². The second-order valence-corrected chi connectivity index (χ2v) is 5.33. The average molecular weight is 298 g/mol. The molecule has 1 aliphatic rings. The molecule has 0 aliphatic carbocycles. The fraction of sp³-hybridized carbons (Fsp3) is 0.533. The van der Waals surface area contributed by atoms with Crippen molar-refractivity contribution in [2.24, 2.45) is 0 Å². The van der Waals surface area contributed by atoms with Gasteiger partial charge in [0, 0.05) is 12.6 Å². The molecule has 1 aliphatic heterocycles. The standard InChI is InChI=1S/C15H20F2N2O2/c1-10(9-19-7-3-4-8-19)18-12-6-5-11(15(20)21-2)13(16)14(12)17/h5-6,10,18H,3-4,7-9H2,1-2H3. The number of nitrogens with one attached hydrogen (secondary N) is 1. The quantitative estimate of drug-likeness (QED) is 0.849. The van der Waals surface area contributed by atoms with E-state index in [1.165, 1.54) is 25.0 Å². The molecule has 116 valence electrons. The monoisotopic (exact) mass is 298 g/mol. The van der Waals surface area contributed by atoms with Gasteiger partial charge >= 0.3 is 5.97 Å². The van der Waals surface area contributed by atoms with Crippen molar-refractivity contribution in [1.82, 2.24) is 4.90 Å². The molecule has 0 bridgehead atoms. The van der Waals surface area contributed by atoms with Gasteiger partial charge in [0.05, 0.1) is 18.4 Å². The number of carbonyl (C=O) groups excluding carboxylic acids is 1. The molecule has 0 aromatic heterocycles. The molecule has 1 unspecified atom stereocenters. The zero-order valence-corrected chi connectivity index (χ0v) is 12.3. The van der Waals surface area contributed by atoms with Crippen molar-refractivity contribution >= 4 is 11.7 Å². The lowest BCUT2D eigenvalue weighted by atomic mass is 10.1. The highest BCUT2D eigenvalue weighted by atomic mass is 19.2. The summed E-state index contributed by atoms with van der Waals surface area (Å²) >= 11 is 0. The molecule has 1 aromatic rings. The van der Waals surface area contributed by atoms with Gasteiger partial charge < -0.3 is 15.0 Å². The van der Waals surface area contributed by atoms with Crippen LogP contribution in [0.5, 0.6) is 0 Å². The highest BCUT2D eigenvalue weighted by Crippen LogP contribution is 2.22. The number of esters is 1. The van der Waals surface area contributed by atoms with Crippen LogP contribution in [0.15, 0.2) is 12.1 Å². The number of hydrogen-bond acceptors (Lipinski definition) is 4. The van der Waals surface area contributed by atoms with Gasteiger partial charge in [-0.3, -0.25) is 0 Å². The van der Waals surface area contributed by atoms with E-state index < -0.39 is 23.2 Å². The van der Waals surface area contributed by atoms with Crippen LogP contribution in [0, 0.1) is 11.6 Å². The summed E-state index contributed by atoms with van der Waals surface area (Å²) in [5.74, 6) is -3.12. The number of carbonyl (C=O) groups is 1. The van der Waals surface area contributed by atoms with Gasteiger partial charge in [0.2, 0.25) is 0 Å². The van der Waals surface area contributed by atoms with E-state index in [1.54, 1.807) is 0 Å². The molecule has 2 rings (SSSR count). The van der Waals surface area contributed by atoms with Gasteiger partial charge in [-0.15, -0.1) is 0 Å². The van der Waals surface area contributed by atoms with E-state index in [0.717, 1.165) is 26.7 Å². The van der Waals surface area contributed by atoms with Gasteiger partial charge in [0.15, 0.2) is 11.6 Å². The molecular formula is C15H20F2N2O2. The third-order valence-corrected chi connectivity index (χ3v) is 3.62. The normalized spacial score (nSPS) is 16.8. The molecule has 0 amide bonds. The molecule has 1 aromatic carbocycles. The minimum absolute atomic E-state index is 0.0130. The van der Waals surface area contributed by atoms with E-state index in [1.807, 2.05) is 6.92 Å². The van der Waals surface area contributed by atoms with Crippen molar-refractivity contribution in [3.63, 3.8) is 0 Å². The lowest BCUT2D eigenvalue weighted by Gasteiger charge is -2.22. The molecule has 4 nitrogen and oxygen atoms in total. The molecule has 0 spiro atoms. The average Bonchev–Trinajstić information content (AvgIpc) is 2.96. The summed E-state index contributed by atoms with van der Waals surface area (Å²) in [6.45, 7) is 4.79. The first-order valence-corrected chi connectivity index (χ1v) is 7.08. The predicted octanol–water partition coefficient (Wildman–Crippen LogP) is 2.65. The molecule has 21 heavy (non-hydrogen) atoms. The van der Waals surface area contributed by atoms with E-state index in [4.69, 9.17) is 0 Å². The summed E-state index contributed by atoms with van der Waals surface area (Å²) in [7, 11) is 1.13. The Kier molecular flexibility index (Phi) is 5.12. The van der Waals surface area contributed by atoms with Crippen molar-refractivity contribution in [2.75, 3.05) is 32.1 Å². The van der Waals surface area contributed by atoms with Crippen LogP contribution in [0.1, 0.15) is 30.1 Å². The molecule has 1 atom stereocenters. The van der Waals surface area contributed by atoms with Crippen molar-refractivity contribution in [1.29, 1.82) is 0 Å². The van der Waals surface area contributed by atoms with Gasteiger partial charge in [-0.2, -0.15) is 0 Å². The zero-order chi connectivity index (χ0) is 15.4. The van der Waals surface area contributed by atoms with Crippen molar-refractivity contribution in [2.45, 2.75) is 25.8 Å². The van der Waals surface area contributed by atoms with Crippen LogP contribution in [0.3, 0.4) is 0 Å². The zero-order valence-electron chi connectivity index (χ0n) is 12.3. The lowest BCUT2D eigenvalue weighted by Crippen LogP contribution is -2.33. The van der Waals surface area contributed by atoms with Crippen molar-refractivity contribution < 1.29 is 18.3 Å². The van der Waals surface area contributed by atoms with Gasteiger partial charge in [-0.25, -0.2) is 13.6 Å².